The molecule has 0 heterocycles. The van der Waals surface area contributed by atoms with Gasteiger partial charge in [0, 0.05) is 5.92 Å². The average molecular weight is 178 g/mol. The van der Waals surface area contributed by atoms with Crippen LogP contribution in [0.15, 0.2) is 18.2 Å². The van der Waals surface area contributed by atoms with E-state index < -0.39 is 0 Å². The minimum absolute atomic E-state index is 0.0838. The van der Waals surface area contributed by atoms with Crippen molar-refractivity contribution in [2.75, 3.05) is 0 Å². The van der Waals surface area contributed by atoms with Crippen LogP contribution in [0.1, 0.15) is 29.9 Å². The SMILES string of the molecule is O=CC1CCCc2ccc(F)cc21. The number of carbonyl (C=O) groups is 1. The van der Waals surface area contributed by atoms with E-state index in [0.29, 0.717) is 0 Å². The fourth-order valence-electron chi connectivity index (χ4n) is 1.95. The summed E-state index contributed by atoms with van der Waals surface area (Å²) in [6.45, 7) is 0. The number of carbonyl (C=O) groups excluding carboxylic acids is 1. The molecule has 0 spiro atoms. The molecule has 1 nitrogen and oxygen atoms in total. The smallest absolute Gasteiger partial charge is 0.127 e. The first kappa shape index (κ1) is 8.42. The zero-order chi connectivity index (χ0) is 9.26. The van der Waals surface area contributed by atoms with Crippen molar-refractivity contribution in [3.05, 3.63) is 35.1 Å². The van der Waals surface area contributed by atoms with Crippen molar-refractivity contribution in [2.24, 2.45) is 0 Å². The quantitative estimate of drug-likeness (QED) is 0.604. The molecule has 13 heavy (non-hydrogen) atoms. The summed E-state index contributed by atoms with van der Waals surface area (Å²) >= 11 is 0. The Morgan fingerprint density at radius 1 is 1.46 bits per heavy atom. The average Bonchev–Trinajstić information content (AvgIpc) is 2.17. The van der Waals surface area contributed by atoms with Gasteiger partial charge in [0.15, 0.2) is 0 Å². The van der Waals surface area contributed by atoms with E-state index in [1.807, 2.05) is 0 Å². The third-order valence-corrected chi connectivity index (χ3v) is 2.63. The van der Waals surface area contributed by atoms with Gasteiger partial charge in [-0.15, -0.1) is 0 Å². The molecule has 68 valence electrons. The highest BCUT2D eigenvalue weighted by Gasteiger charge is 2.19. The normalized spacial score (nSPS) is 20.8. The van der Waals surface area contributed by atoms with E-state index in [0.717, 1.165) is 36.7 Å². The molecule has 0 bridgehead atoms. The van der Waals surface area contributed by atoms with Crippen molar-refractivity contribution in [3.63, 3.8) is 0 Å². The highest BCUT2D eigenvalue weighted by molar-refractivity contribution is 5.64. The van der Waals surface area contributed by atoms with E-state index in [1.165, 1.54) is 12.1 Å². The summed E-state index contributed by atoms with van der Waals surface area (Å²) in [5, 5.41) is 0. The van der Waals surface area contributed by atoms with Crippen molar-refractivity contribution in [1.29, 1.82) is 0 Å². The third-order valence-electron chi connectivity index (χ3n) is 2.63. The molecule has 0 radical (unpaired) electrons. The Bertz CT molecular complexity index is 333. The Morgan fingerprint density at radius 2 is 2.31 bits per heavy atom. The molecule has 1 aromatic rings. The van der Waals surface area contributed by atoms with Crippen LogP contribution in [0.4, 0.5) is 4.39 Å². The van der Waals surface area contributed by atoms with Crippen LogP contribution in [0.3, 0.4) is 0 Å². The van der Waals surface area contributed by atoms with Gasteiger partial charge in [-0.05, 0) is 42.5 Å². The van der Waals surface area contributed by atoms with E-state index >= 15 is 0 Å². The van der Waals surface area contributed by atoms with Gasteiger partial charge >= 0.3 is 0 Å². The highest BCUT2D eigenvalue weighted by atomic mass is 19.1. The van der Waals surface area contributed by atoms with Crippen LogP contribution in [0.25, 0.3) is 0 Å². The molecule has 0 amide bonds. The number of benzene rings is 1. The Balaban J connectivity index is 2.47. The largest absolute Gasteiger partial charge is 0.303 e. The maximum absolute atomic E-state index is 12.9. The fourth-order valence-corrected chi connectivity index (χ4v) is 1.95. The Hall–Kier alpha value is -1.18. The molecule has 0 saturated carbocycles. The second-order valence-electron chi connectivity index (χ2n) is 3.48. The van der Waals surface area contributed by atoms with Gasteiger partial charge in [-0.2, -0.15) is 0 Å². The molecule has 1 aliphatic rings. The molecule has 2 rings (SSSR count). The zero-order valence-corrected chi connectivity index (χ0v) is 7.29. The molecule has 0 aromatic heterocycles. The first-order valence-corrected chi connectivity index (χ1v) is 4.55. The topological polar surface area (TPSA) is 17.1 Å². The number of halogens is 1. The van der Waals surface area contributed by atoms with Gasteiger partial charge in [-0.1, -0.05) is 6.07 Å². The van der Waals surface area contributed by atoms with Crippen LogP contribution >= 0.6 is 0 Å². The second kappa shape index (κ2) is 3.29. The minimum atomic E-state index is -0.243. The molecule has 1 aromatic carbocycles. The summed E-state index contributed by atoms with van der Waals surface area (Å²) in [6.07, 6.45) is 3.79. The van der Waals surface area contributed by atoms with Gasteiger partial charge < -0.3 is 4.79 Å². The number of aryl methyl sites for hydroxylation is 1. The Morgan fingerprint density at radius 3 is 3.08 bits per heavy atom. The molecule has 0 fully saturated rings. The van der Waals surface area contributed by atoms with Crippen molar-refractivity contribution in [3.8, 4) is 0 Å². The first-order valence-electron chi connectivity index (χ1n) is 4.55. The van der Waals surface area contributed by atoms with Crippen LogP contribution in [-0.4, -0.2) is 6.29 Å². The molecular weight excluding hydrogens is 167 g/mol. The summed E-state index contributed by atoms with van der Waals surface area (Å²) in [5.41, 5.74) is 2.02. The lowest BCUT2D eigenvalue weighted by molar-refractivity contribution is -0.109. The number of aldehydes is 1. The number of rotatable bonds is 1. The standard InChI is InChI=1S/C11H11FO/c12-10-5-4-8-2-1-3-9(7-13)11(8)6-10/h4-7,9H,1-3H2. The van der Waals surface area contributed by atoms with Gasteiger partial charge in [0.25, 0.3) is 0 Å². The Labute approximate surface area is 76.6 Å². The van der Waals surface area contributed by atoms with Crippen LogP contribution in [0, 0.1) is 5.82 Å². The van der Waals surface area contributed by atoms with Gasteiger partial charge in [-0.3, -0.25) is 0 Å². The molecule has 0 saturated heterocycles. The zero-order valence-electron chi connectivity index (χ0n) is 7.29. The van der Waals surface area contributed by atoms with Gasteiger partial charge in [0.2, 0.25) is 0 Å². The molecule has 0 N–H and O–H groups in total. The lowest BCUT2D eigenvalue weighted by atomic mass is 9.84. The number of hydrogen-bond donors (Lipinski definition) is 0. The summed E-state index contributed by atoms with van der Waals surface area (Å²) in [6, 6.07) is 4.75. The second-order valence-corrected chi connectivity index (χ2v) is 3.48. The van der Waals surface area contributed by atoms with E-state index in [9.17, 15) is 9.18 Å². The fraction of sp³-hybridized carbons (Fsp3) is 0.364. The van der Waals surface area contributed by atoms with Crippen LogP contribution in [0.2, 0.25) is 0 Å². The summed E-state index contributed by atoms with van der Waals surface area (Å²) in [5.74, 6) is -0.327. The maximum Gasteiger partial charge on any atom is 0.127 e. The van der Waals surface area contributed by atoms with Crippen molar-refractivity contribution < 1.29 is 9.18 Å². The molecule has 0 aliphatic heterocycles. The predicted molar refractivity (Wildman–Crippen MR) is 48.1 cm³/mol. The molecule has 1 unspecified atom stereocenters. The van der Waals surface area contributed by atoms with Crippen molar-refractivity contribution >= 4 is 6.29 Å². The lowest BCUT2D eigenvalue weighted by Gasteiger charge is -2.20. The molecular formula is C11H11FO. The van der Waals surface area contributed by atoms with E-state index in [1.54, 1.807) is 6.07 Å². The molecule has 1 atom stereocenters. The number of hydrogen-bond acceptors (Lipinski definition) is 1. The van der Waals surface area contributed by atoms with Gasteiger partial charge in [0.1, 0.15) is 12.1 Å². The summed E-state index contributed by atoms with van der Waals surface area (Å²) in [7, 11) is 0. The highest BCUT2D eigenvalue weighted by Crippen LogP contribution is 2.30. The Kier molecular flexibility index (Phi) is 2.13. The summed E-state index contributed by atoms with van der Waals surface area (Å²) < 4.78 is 12.9. The van der Waals surface area contributed by atoms with E-state index in [4.69, 9.17) is 0 Å². The van der Waals surface area contributed by atoms with Gasteiger partial charge in [0.05, 0.1) is 0 Å². The predicted octanol–water partition coefficient (Wildman–Crippen LogP) is 2.44. The van der Waals surface area contributed by atoms with Crippen LogP contribution in [-0.2, 0) is 11.2 Å². The van der Waals surface area contributed by atoms with E-state index in [2.05, 4.69) is 0 Å². The molecule has 2 heteroatoms. The monoisotopic (exact) mass is 178 g/mol. The number of fused-ring (bicyclic) bond motifs is 1. The van der Waals surface area contributed by atoms with Crippen LogP contribution in [0.5, 0.6) is 0 Å². The van der Waals surface area contributed by atoms with Gasteiger partial charge in [-0.25, -0.2) is 4.39 Å². The lowest BCUT2D eigenvalue weighted by Crippen LogP contribution is -2.10. The minimum Gasteiger partial charge on any atom is -0.303 e. The maximum atomic E-state index is 12.9. The van der Waals surface area contributed by atoms with E-state index in [-0.39, 0.29) is 11.7 Å². The summed E-state index contributed by atoms with van der Waals surface area (Å²) in [4.78, 5) is 10.7. The van der Waals surface area contributed by atoms with Crippen molar-refractivity contribution in [1.82, 2.24) is 0 Å². The third kappa shape index (κ3) is 1.48. The van der Waals surface area contributed by atoms with Crippen molar-refractivity contribution in [2.45, 2.75) is 25.2 Å². The van der Waals surface area contributed by atoms with Crippen LogP contribution < -0.4 is 0 Å². The first-order chi connectivity index (χ1) is 6.31. The molecule has 1 aliphatic carbocycles.